The molecule has 7 nitrogen and oxygen atoms in total. The van der Waals surface area contributed by atoms with Crippen molar-refractivity contribution in [1.29, 1.82) is 0 Å². The third-order valence-electron chi connectivity index (χ3n) is 2.90. The van der Waals surface area contributed by atoms with Gasteiger partial charge in [0, 0.05) is 22.6 Å². The van der Waals surface area contributed by atoms with Crippen LogP contribution in [0.25, 0.3) is 5.69 Å². The fourth-order valence-electron chi connectivity index (χ4n) is 1.91. The number of carboxylic acid groups (broad SMARTS) is 1. The number of thioether (sulfide) groups is 1. The minimum atomic E-state index is -1.11. The summed E-state index contributed by atoms with van der Waals surface area (Å²) in [6, 6.07) is 9.12. The third-order valence-corrected chi connectivity index (χ3v) is 4.28. The van der Waals surface area contributed by atoms with Gasteiger partial charge in [-0.25, -0.2) is 19.4 Å². The largest absolute Gasteiger partial charge is 0.476 e. The van der Waals surface area contributed by atoms with E-state index in [1.165, 1.54) is 16.4 Å². The molecule has 3 rings (SSSR count). The molecule has 2 heterocycles. The van der Waals surface area contributed by atoms with Crippen molar-refractivity contribution in [2.75, 3.05) is 0 Å². The number of nitrogens with zero attached hydrogens (tertiary/aromatic N) is 5. The lowest BCUT2D eigenvalue weighted by Crippen LogP contribution is -2.06. The van der Waals surface area contributed by atoms with Crippen molar-refractivity contribution >= 4 is 33.7 Å². The lowest BCUT2D eigenvalue weighted by atomic mass is 10.3. The zero-order valence-corrected chi connectivity index (χ0v) is 14.0. The van der Waals surface area contributed by atoms with Crippen molar-refractivity contribution in [3.05, 3.63) is 58.6 Å². The number of hydrogen-bond donors (Lipinski definition) is 1. The zero-order valence-electron chi connectivity index (χ0n) is 11.6. The van der Waals surface area contributed by atoms with Crippen LogP contribution in [0, 0.1) is 0 Å². The minimum absolute atomic E-state index is 0.0755. The molecule has 0 saturated heterocycles. The molecule has 0 aliphatic heterocycles. The molecule has 1 N–H and O–H groups in total. The summed E-state index contributed by atoms with van der Waals surface area (Å²) in [4.78, 5) is 19.6. The Kier molecular flexibility index (Phi) is 4.68. The Morgan fingerprint density at radius 3 is 2.74 bits per heavy atom. The minimum Gasteiger partial charge on any atom is -0.476 e. The Balaban J connectivity index is 1.96. The number of benzene rings is 1. The monoisotopic (exact) mass is 391 g/mol. The van der Waals surface area contributed by atoms with E-state index in [2.05, 4.69) is 36.2 Å². The molecule has 1 aromatic carbocycles. The maximum absolute atomic E-state index is 11.4. The zero-order chi connectivity index (χ0) is 16.2. The first kappa shape index (κ1) is 15.6. The van der Waals surface area contributed by atoms with E-state index >= 15 is 0 Å². The van der Waals surface area contributed by atoms with Crippen LogP contribution in [-0.4, -0.2) is 36.0 Å². The summed E-state index contributed by atoms with van der Waals surface area (Å²) in [5.74, 6) is -0.777. The van der Waals surface area contributed by atoms with E-state index < -0.39 is 5.97 Å². The number of aromatic nitrogens is 5. The van der Waals surface area contributed by atoms with Gasteiger partial charge in [-0.1, -0.05) is 39.0 Å². The predicted octanol–water partition coefficient (Wildman–Crippen LogP) is 2.81. The molecule has 0 aliphatic carbocycles. The molecule has 0 radical (unpaired) electrons. The third kappa shape index (κ3) is 3.57. The molecule has 0 atom stereocenters. The van der Waals surface area contributed by atoms with Crippen molar-refractivity contribution in [3.63, 3.8) is 0 Å². The molecular weight excluding hydrogens is 382 g/mol. The molecule has 116 valence electrons. The second-order valence-electron chi connectivity index (χ2n) is 4.40. The average Bonchev–Trinajstić information content (AvgIpc) is 2.98. The molecule has 0 aliphatic rings. The number of rotatable bonds is 5. The Labute approximate surface area is 143 Å². The van der Waals surface area contributed by atoms with Gasteiger partial charge in [0.15, 0.2) is 10.9 Å². The number of aromatic carboxylic acids is 1. The van der Waals surface area contributed by atoms with Gasteiger partial charge in [0.1, 0.15) is 0 Å². The first-order chi connectivity index (χ1) is 11.1. The molecule has 23 heavy (non-hydrogen) atoms. The maximum atomic E-state index is 11.4. The van der Waals surface area contributed by atoms with Crippen LogP contribution in [0.4, 0.5) is 0 Å². The van der Waals surface area contributed by atoms with Crippen molar-refractivity contribution < 1.29 is 9.90 Å². The van der Waals surface area contributed by atoms with Gasteiger partial charge in [-0.2, -0.15) is 0 Å². The maximum Gasteiger partial charge on any atom is 0.358 e. The second kappa shape index (κ2) is 6.88. The van der Waals surface area contributed by atoms with Gasteiger partial charge in [0.05, 0.1) is 11.4 Å². The van der Waals surface area contributed by atoms with Crippen LogP contribution < -0.4 is 0 Å². The van der Waals surface area contributed by atoms with Gasteiger partial charge in [-0.3, -0.25) is 0 Å². The van der Waals surface area contributed by atoms with Crippen molar-refractivity contribution in [2.24, 2.45) is 0 Å². The molecular formula is C14H10BrN5O2S. The highest BCUT2D eigenvalue weighted by Crippen LogP contribution is 2.23. The molecule has 3 aromatic rings. The van der Waals surface area contributed by atoms with E-state index in [1.807, 2.05) is 24.3 Å². The average molecular weight is 392 g/mol. The summed E-state index contributed by atoms with van der Waals surface area (Å²) in [6.45, 7) is 0. The van der Waals surface area contributed by atoms with Gasteiger partial charge >= 0.3 is 5.97 Å². The molecule has 0 bridgehead atoms. The Morgan fingerprint density at radius 1 is 1.26 bits per heavy atom. The summed E-state index contributed by atoms with van der Waals surface area (Å²) in [6.07, 6.45) is 3.27. The lowest BCUT2D eigenvalue weighted by Gasteiger charge is -2.07. The highest BCUT2D eigenvalue weighted by molar-refractivity contribution is 9.10. The molecule has 0 unspecified atom stereocenters. The van der Waals surface area contributed by atoms with Crippen LogP contribution >= 0.6 is 27.7 Å². The summed E-state index contributed by atoms with van der Waals surface area (Å²) >= 11 is 4.72. The van der Waals surface area contributed by atoms with E-state index in [9.17, 15) is 9.90 Å². The normalized spacial score (nSPS) is 10.7. The van der Waals surface area contributed by atoms with Crippen LogP contribution in [0.2, 0.25) is 0 Å². The fraction of sp³-hybridized carbons (Fsp3) is 0.0714. The van der Waals surface area contributed by atoms with Crippen LogP contribution in [0.15, 0.2) is 52.4 Å². The van der Waals surface area contributed by atoms with Gasteiger partial charge in [-0.15, -0.1) is 5.10 Å². The molecule has 9 heteroatoms. The summed E-state index contributed by atoms with van der Waals surface area (Å²) in [5.41, 5.74) is 1.13. The number of carboxylic acids is 1. The molecule has 2 aromatic heterocycles. The molecule has 0 amide bonds. The second-order valence-corrected chi connectivity index (χ2v) is 6.26. The van der Waals surface area contributed by atoms with E-state index in [4.69, 9.17) is 0 Å². The highest BCUT2D eigenvalue weighted by atomic mass is 79.9. The fourth-order valence-corrected chi connectivity index (χ4v) is 3.09. The van der Waals surface area contributed by atoms with Gasteiger partial charge in [0.2, 0.25) is 0 Å². The van der Waals surface area contributed by atoms with E-state index in [1.54, 1.807) is 18.5 Å². The predicted molar refractivity (Wildman–Crippen MR) is 87.6 cm³/mol. The number of hydrogen-bond acceptors (Lipinski definition) is 6. The van der Waals surface area contributed by atoms with Crippen LogP contribution in [-0.2, 0) is 5.75 Å². The van der Waals surface area contributed by atoms with Gasteiger partial charge in [-0.05, 0) is 24.3 Å². The first-order valence-corrected chi connectivity index (χ1v) is 8.26. The van der Waals surface area contributed by atoms with Crippen LogP contribution in [0.5, 0.6) is 0 Å². The number of halogens is 1. The van der Waals surface area contributed by atoms with Crippen molar-refractivity contribution in [2.45, 2.75) is 10.9 Å². The Hall–Kier alpha value is -2.26. The van der Waals surface area contributed by atoms with E-state index in [-0.39, 0.29) is 5.69 Å². The smallest absolute Gasteiger partial charge is 0.358 e. The first-order valence-electron chi connectivity index (χ1n) is 6.49. The Morgan fingerprint density at radius 2 is 2.04 bits per heavy atom. The van der Waals surface area contributed by atoms with Crippen LogP contribution in [0.3, 0.4) is 0 Å². The van der Waals surface area contributed by atoms with E-state index in [0.717, 1.165) is 10.2 Å². The van der Waals surface area contributed by atoms with Crippen molar-refractivity contribution in [1.82, 2.24) is 25.0 Å². The molecule has 0 fully saturated rings. The van der Waals surface area contributed by atoms with Crippen molar-refractivity contribution in [3.8, 4) is 5.69 Å². The highest BCUT2D eigenvalue weighted by Gasteiger charge is 2.20. The van der Waals surface area contributed by atoms with Gasteiger partial charge in [0.25, 0.3) is 0 Å². The molecule has 0 spiro atoms. The summed E-state index contributed by atoms with van der Waals surface area (Å²) < 4.78 is 2.39. The number of carbonyl (C=O) groups is 1. The topological polar surface area (TPSA) is 93.8 Å². The molecule has 0 saturated carbocycles. The summed E-state index contributed by atoms with van der Waals surface area (Å²) in [5, 5.41) is 17.6. The Bertz CT molecular complexity index is 840. The SMILES string of the molecule is O=C(O)c1nnn(-c2cccc(Br)c2)c1CSc1ncccn1. The van der Waals surface area contributed by atoms with Crippen LogP contribution in [0.1, 0.15) is 16.2 Å². The standard InChI is InChI=1S/C14H10BrN5O2S/c15-9-3-1-4-10(7-9)20-11(12(13(21)22)18-19-20)8-23-14-16-5-2-6-17-14/h1-7H,8H2,(H,21,22). The van der Waals surface area contributed by atoms with Gasteiger partial charge < -0.3 is 5.11 Å². The van der Waals surface area contributed by atoms with E-state index in [0.29, 0.717) is 16.6 Å². The summed E-state index contributed by atoms with van der Waals surface area (Å²) in [7, 11) is 0. The quantitative estimate of drug-likeness (QED) is 0.527. The lowest BCUT2D eigenvalue weighted by molar-refractivity contribution is 0.0689.